The number of benzene rings is 1. The molecule has 4 heteroatoms. The Morgan fingerprint density at radius 1 is 1.14 bits per heavy atom. The molecule has 0 aliphatic heterocycles. The van der Waals surface area contributed by atoms with Crippen LogP contribution in [0.3, 0.4) is 0 Å². The first-order valence-corrected chi connectivity index (χ1v) is 10.2. The number of unbranched alkanes of at least 4 members (excludes halogenated alkanes) is 2. The molecule has 0 saturated carbocycles. The molecule has 1 N–H and O–H groups in total. The molecular weight excluding hydrogens is 352 g/mol. The van der Waals surface area contributed by atoms with Crippen LogP contribution in [0.15, 0.2) is 35.4 Å². The van der Waals surface area contributed by atoms with Crippen molar-refractivity contribution in [1.82, 2.24) is 0 Å². The second-order valence-corrected chi connectivity index (χ2v) is 7.49. The van der Waals surface area contributed by atoms with Gasteiger partial charge < -0.3 is 14.6 Å². The molecular formula is C24H36O4. The van der Waals surface area contributed by atoms with Gasteiger partial charge in [0.2, 0.25) is 0 Å². The minimum absolute atomic E-state index is 0.162. The smallest absolute Gasteiger partial charge is 0.343 e. The van der Waals surface area contributed by atoms with Crippen LogP contribution in [0.25, 0.3) is 0 Å². The lowest BCUT2D eigenvalue weighted by Crippen LogP contribution is -2.13. The van der Waals surface area contributed by atoms with E-state index in [2.05, 4.69) is 44.6 Å². The van der Waals surface area contributed by atoms with E-state index in [1.807, 2.05) is 12.1 Å². The molecule has 0 atom stereocenters. The fourth-order valence-corrected chi connectivity index (χ4v) is 2.91. The molecule has 0 heterocycles. The molecule has 0 amide bonds. The predicted molar refractivity (Wildman–Crippen MR) is 115 cm³/mol. The van der Waals surface area contributed by atoms with Gasteiger partial charge in [0, 0.05) is 5.56 Å². The van der Waals surface area contributed by atoms with Crippen LogP contribution in [0.2, 0.25) is 0 Å². The molecule has 28 heavy (non-hydrogen) atoms. The van der Waals surface area contributed by atoms with E-state index in [-0.39, 0.29) is 12.4 Å². The summed E-state index contributed by atoms with van der Waals surface area (Å²) in [5.41, 5.74) is 4.33. The standard InChI is InChI=1S/C24H36O4/c1-6-7-8-12-20-15-22(25)21(23(16-20)28-17-24(26)27-5)14-13-19(4)11-9-10-18(2)3/h10,13,15-16,25H,6-9,11-12,14,17H2,1-5H3. The number of phenolic OH excluding ortho intramolecular Hbond substituents is 1. The predicted octanol–water partition coefficient (Wildman–Crippen LogP) is 5.91. The zero-order chi connectivity index (χ0) is 20.9. The van der Waals surface area contributed by atoms with Gasteiger partial charge >= 0.3 is 5.97 Å². The van der Waals surface area contributed by atoms with Crippen molar-refractivity contribution in [2.24, 2.45) is 0 Å². The lowest BCUT2D eigenvalue weighted by atomic mass is 10.00. The topological polar surface area (TPSA) is 55.8 Å². The number of hydrogen-bond acceptors (Lipinski definition) is 4. The van der Waals surface area contributed by atoms with E-state index in [4.69, 9.17) is 4.74 Å². The van der Waals surface area contributed by atoms with Crippen LogP contribution in [-0.2, 0) is 22.4 Å². The van der Waals surface area contributed by atoms with Crippen LogP contribution < -0.4 is 4.74 Å². The van der Waals surface area contributed by atoms with Gasteiger partial charge in [0.05, 0.1) is 7.11 Å². The maximum absolute atomic E-state index is 11.5. The van der Waals surface area contributed by atoms with Crippen molar-refractivity contribution in [3.05, 3.63) is 46.6 Å². The number of methoxy groups -OCH3 is 1. The van der Waals surface area contributed by atoms with Crippen LogP contribution in [0.1, 0.15) is 70.9 Å². The summed E-state index contributed by atoms with van der Waals surface area (Å²) in [6, 6.07) is 3.77. The molecule has 1 rings (SSSR count). The fourth-order valence-electron chi connectivity index (χ4n) is 2.91. The summed E-state index contributed by atoms with van der Waals surface area (Å²) in [5, 5.41) is 10.6. The molecule has 0 aliphatic rings. The van der Waals surface area contributed by atoms with Gasteiger partial charge in [0.15, 0.2) is 6.61 Å². The van der Waals surface area contributed by atoms with Gasteiger partial charge in [-0.15, -0.1) is 0 Å². The molecule has 1 aromatic rings. The van der Waals surface area contributed by atoms with E-state index >= 15 is 0 Å². The first-order chi connectivity index (χ1) is 13.4. The number of aromatic hydroxyl groups is 1. The van der Waals surface area contributed by atoms with Crippen LogP contribution in [-0.4, -0.2) is 24.8 Å². The van der Waals surface area contributed by atoms with Crippen molar-refractivity contribution >= 4 is 5.97 Å². The van der Waals surface area contributed by atoms with Gasteiger partial charge in [-0.3, -0.25) is 0 Å². The average molecular weight is 389 g/mol. The number of aryl methyl sites for hydroxylation is 1. The summed E-state index contributed by atoms with van der Waals surface area (Å²) in [5.74, 6) is 0.350. The molecule has 0 fully saturated rings. The summed E-state index contributed by atoms with van der Waals surface area (Å²) in [6.45, 7) is 8.31. The number of carbonyl (C=O) groups is 1. The minimum Gasteiger partial charge on any atom is -0.508 e. The number of phenols is 1. The highest BCUT2D eigenvalue weighted by molar-refractivity contribution is 5.71. The second-order valence-electron chi connectivity index (χ2n) is 7.49. The summed E-state index contributed by atoms with van der Waals surface area (Å²) in [4.78, 5) is 11.5. The summed E-state index contributed by atoms with van der Waals surface area (Å²) in [6.07, 6.45) is 11.2. The zero-order valence-corrected chi connectivity index (χ0v) is 18.1. The first-order valence-electron chi connectivity index (χ1n) is 10.2. The largest absolute Gasteiger partial charge is 0.508 e. The summed E-state index contributed by atoms with van der Waals surface area (Å²) >= 11 is 0. The number of hydrogen-bond donors (Lipinski definition) is 1. The number of carbonyl (C=O) groups excluding carboxylic acids is 1. The number of rotatable bonds is 12. The van der Waals surface area contributed by atoms with Crippen LogP contribution in [0, 0.1) is 0 Å². The van der Waals surface area contributed by atoms with Crippen molar-refractivity contribution in [3.63, 3.8) is 0 Å². The third-order valence-corrected chi connectivity index (χ3v) is 4.63. The van der Waals surface area contributed by atoms with E-state index in [0.29, 0.717) is 17.7 Å². The Hall–Kier alpha value is -2.23. The third-order valence-electron chi connectivity index (χ3n) is 4.63. The Morgan fingerprint density at radius 2 is 1.89 bits per heavy atom. The van der Waals surface area contributed by atoms with E-state index < -0.39 is 5.97 Å². The molecule has 0 saturated heterocycles. The van der Waals surface area contributed by atoms with E-state index in [9.17, 15) is 9.90 Å². The first kappa shape index (κ1) is 23.8. The molecule has 4 nitrogen and oxygen atoms in total. The summed E-state index contributed by atoms with van der Waals surface area (Å²) in [7, 11) is 1.34. The molecule has 1 aromatic carbocycles. The molecule has 0 unspecified atom stereocenters. The van der Waals surface area contributed by atoms with Crippen LogP contribution >= 0.6 is 0 Å². The number of esters is 1. The molecule has 0 radical (unpaired) electrons. The van der Waals surface area contributed by atoms with Crippen LogP contribution in [0.5, 0.6) is 11.5 Å². The lowest BCUT2D eigenvalue weighted by molar-refractivity contribution is -0.142. The highest BCUT2D eigenvalue weighted by Gasteiger charge is 2.13. The number of ether oxygens (including phenoxy) is 2. The van der Waals surface area contributed by atoms with Crippen molar-refractivity contribution in [2.45, 2.75) is 72.6 Å². The fraction of sp³-hybridized carbons (Fsp3) is 0.542. The van der Waals surface area contributed by atoms with E-state index in [1.54, 1.807) is 0 Å². The minimum atomic E-state index is -0.435. The SMILES string of the molecule is CCCCCc1cc(O)c(CC=C(C)CCC=C(C)C)c(OCC(=O)OC)c1. The Balaban J connectivity index is 2.96. The van der Waals surface area contributed by atoms with Crippen molar-refractivity contribution in [2.75, 3.05) is 13.7 Å². The second kappa shape index (κ2) is 13.0. The van der Waals surface area contributed by atoms with Crippen molar-refractivity contribution in [3.8, 4) is 11.5 Å². The monoisotopic (exact) mass is 388 g/mol. The third kappa shape index (κ3) is 9.12. The van der Waals surface area contributed by atoms with Gasteiger partial charge in [0.25, 0.3) is 0 Å². The lowest BCUT2D eigenvalue weighted by Gasteiger charge is -2.14. The van der Waals surface area contributed by atoms with Crippen molar-refractivity contribution in [1.29, 1.82) is 0 Å². The Bertz CT molecular complexity index is 682. The van der Waals surface area contributed by atoms with Gasteiger partial charge in [-0.05, 0) is 70.6 Å². The Labute approximate surface area is 170 Å². The Kier molecular flexibility index (Phi) is 11.1. The highest BCUT2D eigenvalue weighted by atomic mass is 16.6. The molecule has 0 aromatic heterocycles. The van der Waals surface area contributed by atoms with Gasteiger partial charge in [-0.2, -0.15) is 0 Å². The quantitative estimate of drug-likeness (QED) is 0.275. The van der Waals surface area contributed by atoms with E-state index in [1.165, 1.54) is 18.3 Å². The molecule has 156 valence electrons. The highest BCUT2D eigenvalue weighted by Crippen LogP contribution is 2.32. The normalized spacial score (nSPS) is 11.2. The Morgan fingerprint density at radius 3 is 2.54 bits per heavy atom. The van der Waals surface area contributed by atoms with Gasteiger partial charge in [0.1, 0.15) is 11.5 Å². The zero-order valence-electron chi connectivity index (χ0n) is 18.1. The molecule has 0 aliphatic carbocycles. The average Bonchev–Trinajstić information content (AvgIpc) is 2.65. The number of allylic oxidation sites excluding steroid dienone is 4. The maximum atomic E-state index is 11.5. The van der Waals surface area contributed by atoms with Gasteiger partial charge in [-0.25, -0.2) is 4.79 Å². The van der Waals surface area contributed by atoms with Crippen LogP contribution in [0.4, 0.5) is 0 Å². The van der Waals surface area contributed by atoms with Gasteiger partial charge in [-0.1, -0.05) is 43.1 Å². The molecule has 0 spiro atoms. The molecule has 0 bridgehead atoms. The maximum Gasteiger partial charge on any atom is 0.343 e. The summed E-state index contributed by atoms with van der Waals surface area (Å²) < 4.78 is 10.4. The van der Waals surface area contributed by atoms with Crippen molar-refractivity contribution < 1.29 is 19.4 Å². The van der Waals surface area contributed by atoms with E-state index in [0.717, 1.165) is 44.1 Å².